The molecule has 2 unspecified atom stereocenters. The first kappa shape index (κ1) is 14.2. The van der Waals surface area contributed by atoms with Crippen LogP contribution in [0.1, 0.15) is 26.2 Å². The third-order valence-corrected chi connectivity index (χ3v) is 4.23. The van der Waals surface area contributed by atoms with E-state index in [9.17, 15) is 4.21 Å². The molecule has 0 saturated heterocycles. The number of rotatable bonds is 7. The van der Waals surface area contributed by atoms with Crippen LogP contribution in [0.15, 0.2) is 29.2 Å². The van der Waals surface area contributed by atoms with Crippen molar-refractivity contribution in [1.29, 1.82) is 0 Å². The summed E-state index contributed by atoms with van der Waals surface area (Å²) in [6.07, 6.45) is 2.79. The van der Waals surface area contributed by atoms with Crippen molar-refractivity contribution >= 4 is 10.8 Å². The molecule has 0 bridgehead atoms. The number of para-hydroxylation sites is 1. The van der Waals surface area contributed by atoms with Crippen LogP contribution < -0.4 is 10.5 Å². The summed E-state index contributed by atoms with van der Waals surface area (Å²) < 4.78 is 17.3. The van der Waals surface area contributed by atoms with Crippen molar-refractivity contribution in [3.05, 3.63) is 24.3 Å². The number of nitrogens with two attached hydrogens (primary N) is 1. The highest BCUT2D eigenvalue weighted by atomic mass is 32.2. The number of methoxy groups -OCH3 is 1. The normalized spacial score (nSPS) is 14.3. The number of hydrogen-bond donors (Lipinski definition) is 1. The van der Waals surface area contributed by atoms with E-state index in [1.165, 1.54) is 0 Å². The van der Waals surface area contributed by atoms with Crippen molar-refractivity contribution in [3.63, 3.8) is 0 Å². The van der Waals surface area contributed by atoms with Gasteiger partial charge in [0.2, 0.25) is 0 Å². The molecule has 1 aromatic rings. The second kappa shape index (κ2) is 7.45. The van der Waals surface area contributed by atoms with Crippen LogP contribution in [0.4, 0.5) is 0 Å². The largest absolute Gasteiger partial charge is 0.495 e. The molecule has 2 N–H and O–H groups in total. The van der Waals surface area contributed by atoms with Crippen LogP contribution in [-0.4, -0.2) is 23.1 Å². The molecule has 0 spiro atoms. The van der Waals surface area contributed by atoms with E-state index in [0.29, 0.717) is 11.5 Å². The van der Waals surface area contributed by atoms with Crippen LogP contribution in [0, 0.1) is 0 Å². The van der Waals surface area contributed by atoms with E-state index < -0.39 is 10.8 Å². The molecule has 3 nitrogen and oxygen atoms in total. The lowest BCUT2D eigenvalue weighted by Crippen LogP contribution is -2.19. The molecule has 17 heavy (non-hydrogen) atoms. The Hall–Kier alpha value is -0.870. The lowest BCUT2D eigenvalue weighted by Gasteiger charge is -2.10. The fraction of sp³-hybridized carbons (Fsp3) is 0.538. The molecule has 0 saturated carbocycles. The Kier molecular flexibility index (Phi) is 6.22. The second-order valence-corrected chi connectivity index (χ2v) is 5.55. The Bertz CT molecular complexity index is 368. The maximum atomic E-state index is 12.1. The van der Waals surface area contributed by atoms with Crippen molar-refractivity contribution in [1.82, 2.24) is 0 Å². The van der Waals surface area contributed by atoms with Crippen LogP contribution in [0.25, 0.3) is 0 Å². The lowest BCUT2D eigenvalue weighted by molar-refractivity contribution is 0.404. The fourth-order valence-electron chi connectivity index (χ4n) is 1.60. The van der Waals surface area contributed by atoms with E-state index in [-0.39, 0.29) is 6.04 Å². The van der Waals surface area contributed by atoms with Gasteiger partial charge in [-0.05, 0) is 31.4 Å². The smallest absolute Gasteiger partial charge is 0.134 e. The van der Waals surface area contributed by atoms with E-state index >= 15 is 0 Å². The van der Waals surface area contributed by atoms with Crippen molar-refractivity contribution in [2.45, 2.75) is 37.1 Å². The zero-order valence-corrected chi connectivity index (χ0v) is 11.3. The lowest BCUT2D eigenvalue weighted by atomic mass is 10.1. The van der Waals surface area contributed by atoms with Crippen LogP contribution in [0.5, 0.6) is 5.75 Å². The molecule has 1 aromatic carbocycles. The second-order valence-electron chi connectivity index (χ2n) is 4.01. The first-order valence-corrected chi connectivity index (χ1v) is 7.28. The Balaban J connectivity index is 2.52. The molecule has 4 heteroatoms. The summed E-state index contributed by atoms with van der Waals surface area (Å²) in [5.74, 6) is 1.35. The molecular formula is C13H21NO2S. The first-order chi connectivity index (χ1) is 8.19. The van der Waals surface area contributed by atoms with Gasteiger partial charge >= 0.3 is 0 Å². The minimum Gasteiger partial charge on any atom is -0.495 e. The van der Waals surface area contributed by atoms with Crippen LogP contribution in [0.2, 0.25) is 0 Å². The van der Waals surface area contributed by atoms with Gasteiger partial charge in [0, 0.05) is 11.8 Å². The highest BCUT2D eigenvalue weighted by Crippen LogP contribution is 2.21. The molecule has 1 rings (SSSR count). The molecule has 96 valence electrons. The van der Waals surface area contributed by atoms with Gasteiger partial charge in [-0.3, -0.25) is 4.21 Å². The Labute approximate surface area is 106 Å². The molecule has 2 atom stereocenters. The topological polar surface area (TPSA) is 52.3 Å². The van der Waals surface area contributed by atoms with E-state index in [1.54, 1.807) is 7.11 Å². The standard InChI is InChI=1S/C13H21NO2S/c1-3-11(14)7-6-10-17(15)13-9-5-4-8-12(13)16-2/h4-5,8-9,11H,3,6-7,10,14H2,1-2H3. The van der Waals surface area contributed by atoms with Gasteiger partial charge in [0.05, 0.1) is 22.8 Å². The average molecular weight is 255 g/mol. The van der Waals surface area contributed by atoms with Crippen molar-refractivity contribution < 1.29 is 8.95 Å². The van der Waals surface area contributed by atoms with Gasteiger partial charge in [-0.1, -0.05) is 19.1 Å². The minimum absolute atomic E-state index is 0.227. The molecule has 0 radical (unpaired) electrons. The summed E-state index contributed by atoms with van der Waals surface area (Å²) in [6, 6.07) is 7.68. The monoisotopic (exact) mass is 255 g/mol. The molecule has 0 aliphatic heterocycles. The van der Waals surface area contributed by atoms with Crippen molar-refractivity contribution in [2.75, 3.05) is 12.9 Å². The summed E-state index contributed by atoms with van der Waals surface area (Å²) in [7, 11) is 0.606. The van der Waals surface area contributed by atoms with E-state index in [0.717, 1.165) is 24.2 Å². The zero-order valence-electron chi connectivity index (χ0n) is 10.5. The Morgan fingerprint density at radius 2 is 2.12 bits per heavy atom. The number of benzene rings is 1. The predicted molar refractivity (Wildman–Crippen MR) is 71.8 cm³/mol. The molecule has 0 aliphatic carbocycles. The maximum absolute atomic E-state index is 12.1. The van der Waals surface area contributed by atoms with E-state index in [2.05, 4.69) is 6.92 Å². The van der Waals surface area contributed by atoms with Gasteiger partial charge in [-0.2, -0.15) is 0 Å². The van der Waals surface area contributed by atoms with Crippen molar-refractivity contribution in [3.8, 4) is 5.75 Å². The van der Waals surface area contributed by atoms with Crippen LogP contribution >= 0.6 is 0 Å². The quantitative estimate of drug-likeness (QED) is 0.813. The van der Waals surface area contributed by atoms with E-state index in [4.69, 9.17) is 10.5 Å². The molecule has 0 heterocycles. The van der Waals surface area contributed by atoms with Gasteiger partial charge in [0.25, 0.3) is 0 Å². The van der Waals surface area contributed by atoms with Crippen LogP contribution in [-0.2, 0) is 10.8 Å². The number of hydrogen-bond acceptors (Lipinski definition) is 3. The summed E-state index contributed by atoms with van der Waals surface area (Å²) in [4.78, 5) is 0.778. The maximum Gasteiger partial charge on any atom is 0.134 e. The third kappa shape index (κ3) is 4.48. The molecule has 0 fully saturated rings. The highest BCUT2D eigenvalue weighted by molar-refractivity contribution is 7.85. The molecular weight excluding hydrogens is 234 g/mol. The van der Waals surface area contributed by atoms with E-state index in [1.807, 2.05) is 24.3 Å². The molecule has 0 amide bonds. The van der Waals surface area contributed by atoms with Gasteiger partial charge in [-0.25, -0.2) is 0 Å². The Morgan fingerprint density at radius 3 is 2.76 bits per heavy atom. The minimum atomic E-state index is -0.994. The van der Waals surface area contributed by atoms with Gasteiger partial charge in [-0.15, -0.1) is 0 Å². The fourth-order valence-corrected chi connectivity index (χ4v) is 2.85. The van der Waals surface area contributed by atoms with Gasteiger partial charge in [0.1, 0.15) is 5.75 Å². The summed E-state index contributed by atoms with van der Waals surface area (Å²) in [6.45, 7) is 2.07. The number of ether oxygens (including phenoxy) is 1. The third-order valence-electron chi connectivity index (χ3n) is 2.74. The van der Waals surface area contributed by atoms with Crippen LogP contribution in [0.3, 0.4) is 0 Å². The molecule has 0 aliphatic rings. The predicted octanol–water partition coefficient (Wildman–Crippen LogP) is 2.32. The molecule has 0 aromatic heterocycles. The summed E-state index contributed by atoms with van der Waals surface area (Å²) in [5, 5.41) is 0. The SMILES string of the molecule is CCC(N)CCCS(=O)c1ccccc1OC. The first-order valence-electron chi connectivity index (χ1n) is 5.96. The summed E-state index contributed by atoms with van der Waals surface area (Å²) >= 11 is 0. The zero-order chi connectivity index (χ0) is 12.7. The summed E-state index contributed by atoms with van der Waals surface area (Å²) in [5.41, 5.74) is 5.83. The van der Waals surface area contributed by atoms with Crippen molar-refractivity contribution in [2.24, 2.45) is 5.73 Å². The Morgan fingerprint density at radius 1 is 1.41 bits per heavy atom. The highest BCUT2D eigenvalue weighted by Gasteiger charge is 2.10. The van der Waals surface area contributed by atoms with Gasteiger partial charge < -0.3 is 10.5 Å². The van der Waals surface area contributed by atoms with Gasteiger partial charge in [0.15, 0.2) is 0 Å². The average Bonchev–Trinajstić information content (AvgIpc) is 2.38.